The normalized spacial score (nSPS) is 11.5. The van der Waals surface area contributed by atoms with Crippen molar-refractivity contribution < 1.29 is 4.42 Å². The molecule has 24 aromatic rings. The lowest BCUT2D eigenvalue weighted by molar-refractivity contribution is 0.670. The predicted molar refractivity (Wildman–Crippen MR) is 526 cm³/mol. The molecule has 0 atom stereocenters. The largest absolute Gasteiger partial charge is 0.455 e. The summed E-state index contributed by atoms with van der Waals surface area (Å²) in [6, 6.07) is 158. The zero-order valence-corrected chi connectivity index (χ0v) is 69.0. The lowest BCUT2D eigenvalue weighted by Crippen LogP contribution is -1.96. The maximum absolute atomic E-state index is 6.37. The summed E-state index contributed by atoms with van der Waals surface area (Å²) in [5.41, 5.74) is 31.2. The number of nitrogens with zero attached hydrogens (tertiary/aromatic N) is 6. The van der Waals surface area contributed by atoms with Crippen molar-refractivity contribution in [1.82, 2.24) is 29.9 Å². The minimum absolute atomic E-state index is 0.681. The van der Waals surface area contributed by atoms with Crippen LogP contribution in [-0.4, -0.2) is 29.9 Å². The minimum Gasteiger partial charge on any atom is -0.455 e. The van der Waals surface area contributed by atoms with Crippen LogP contribution in [0.1, 0.15) is 0 Å². The molecule has 0 aliphatic carbocycles. The Morgan fingerprint density at radius 2 is 0.500 bits per heavy atom. The zero-order valence-electron chi connectivity index (χ0n) is 68.2. The van der Waals surface area contributed by atoms with Crippen molar-refractivity contribution >= 4 is 96.8 Å². The van der Waals surface area contributed by atoms with E-state index in [1.165, 1.54) is 64.3 Å². The second kappa shape index (κ2) is 32.1. The Balaban J connectivity index is 0.000000145. The highest BCUT2D eigenvalue weighted by Gasteiger charge is 2.22. The van der Waals surface area contributed by atoms with Gasteiger partial charge in [0.1, 0.15) is 11.2 Å². The third-order valence-electron chi connectivity index (χ3n) is 24.2. The van der Waals surface area contributed by atoms with Gasteiger partial charge in [-0.05, 0) is 97.6 Å². The summed E-state index contributed by atoms with van der Waals surface area (Å²) in [6.45, 7) is 0. The van der Waals surface area contributed by atoms with Crippen molar-refractivity contribution in [3.8, 4) is 157 Å². The van der Waals surface area contributed by atoms with Gasteiger partial charge in [-0.25, -0.2) is 29.9 Å². The molecule has 7 nitrogen and oxygen atoms in total. The van der Waals surface area contributed by atoms with E-state index >= 15 is 0 Å². The van der Waals surface area contributed by atoms with Crippen LogP contribution in [0, 0.1) is 0 Å². The molecule has 0 saturated heterocycles. The number of para-hydroxylation sites is 2. The number of hydrogen-bond acceptors (Lipinski definition) is 8. The number of aromatic nitrogens is 6. The van der Waals surface area contributed by atoms with Crippen molar-refractivity contribution in [2.75, 3.05) is 0 Å². The molecule has 0 unspecified atom stereocenters. The van der Waals surface area contributed by atoms with Gasteiger partial charge in [-0.3, -0.25) is 0 Å². The SMILES string of the molecule is c1ccc(-c2nc(-c3ccc(-c4ccc5c(c4)nc(-c4ccccc4)c4cccc(-c6ccccc6)c45)cc3)cc(-c3ccc(-c4cccc5c4oc4ccccc45)cc3)n2)cc1.c1ccc(-c2nc(-c3ccc(-c4ccc5c(c4)nc(-c4ccccc4)c4cccc(-c6ccccc6)c45)cc3)cc(-c3ccc(-c4cccc5c4sc4ccccc45)cc3)n2)cc1. The van der Waals surface area contributed by atoms with E-state index in [0.717, 1.165) is 167 Å². The third kappa shape index (κ3) is 14.0. The van der Waals surface area contributed by atoms with Gasteiger partial charge in [0, 0.05) is 113 Å². The molecule has 0 aliphatic rings. The van der Waals surface area contributed by atoms with Crippen LogP contribution in [0.2, 0.25) is 0 Å². The van der Waals surface area contributed by atoms with Gasteiger partial charge in [0.2, 0.25) is 0 Å². The van der Waals surface area contributed by atoms with Crippen molar-refractivity contribution in [1.29, 1.82) is 0 Å². The molecule has 0 spiro atoms. The van der Waals surface area contributed by atoms with Gasteiger partial charge in [-0.2, -0.15) is 0 Å². The molecule has 18 aromatic carbocycles. The van der Waals surface area contributed by atoms with Crippen LogP contribution in [-0.2, 0) is 0 Å². The summed E-state index contributed by atoms with van der Waals surface area (Å²) in [5, 5.41) is 11.8. The first-order chi connectivity index (χ1) is 62.4. The predicted octanol–water partition coefficient (Wildman–Crippen LogP) is 32.0. The minimum atomic E-state index is 0.681. The highest BCUT2D eigenvalue weighted by atomic mass is 32.1. The summed E-state index contributed by atoms with van der Waals surface area (Å²) in [5.74, 6) is 1.38. The fourth-order valence-corrected chi connectivity index (χ4v) is 19.2. The molecule has 126 heavy (non-hydrogen) atoms. The van der Waals surface area contributed by atoms with E-state index in [9.17, 15) is 0 Å². The Labute approximate surface area is 731 Å². The Bertz CT molecular complexity index is 7770. The van der Waals surface area contributed by atoms with Crippen LogP contribution in [0.15, 0.2) is 453 Å². The molecule has 0 aliphatic heterocycles. The Morgan fingerprint density at radius 3 is 0.944 bits per heavy atom. The lowest BCUT2D eigenvalue weighted by atomic mass is 9.92. The van der Waals surface area contributed by atoms with E-state index in [-0.39, 0.29) is 0 Å². The lowest BCUT2D eigenvalue weighted by Gasteiger charge is -2.15. The highest BCUT2D eigenvalue weighted by Crippen LogP contribution is 2.46. The van der Waals surface area contributed by atoms with Gasteiger partial charge >= 0.3 is 0 Å². The Morgan fingerprint density at radius 1 is 0.183 bits per heavy atom. The smallest absolute Gasteiger partial charge is 0.160 e. The van der Waals surface area contributed by atoms with Crippen LogP contribution in [0.3, 0.4) is 0 Å². The van der Waals surface area contributed by atoms with E-state index < -0.39 is 0 Å². The molecule has 0 N–H and O–H groups in total. The van der Waals surface area contributed by atoms with Crippen LogP contribution in [0.25, 0.3) is 243 Å². The summed E-state index contributed by atoms with van der Waals surface area (Å²) < 4.78 is 8.99. The monoisotopic (exact) mass is 1620 g/mol. The molecule has 0 fully saturated rings. The van der Waals surface area contributed by atoms with Gasteiger partial charge < -0.3 is 4.42 Å². The topological polar surface area (TPSA) is 90.5 Å². The number of furan rings is 1. The molecule has 588 valence electrons. The standard InChI is InChI=1S/C59H37N3O.C59H37N3S/c2*1-4-14-39(15-5-1)46-21-12-24-51-56(46)50-35-34-45(36-54(50)60-57(51)43-16-6-2-7-17-43)38-26-30-41(31-27-38)52-37-53(62-59(61-52)44-18-8-3-9-19-44)42-32-28-40(29-33-42)47-22-13-23-49-48-20-10-11-25-55(48)63-58(47)49/h2*1-37H. The van der Waals surface area contributed by atoms with Gasteiger partial charge in [0.15, 0.2) is 11.6 Å². The van der Waals surface area contributed by atoms with Crippen molar-refractivity contribution in [3.05, 3.63) is 449 Å². The maximum Gasteiger partial charge on any atom is 0.160 e. The number of fused-ring (bicyclic) bond motifs is 12. The molecule has 0 saturated carbocycles. The molecular formula is C118H74N6OS. The first-order valence-corrected chi connectivity index (χ1v) is 43.3. The number of benzene rings is 18. The molecule has 0 bridgehead atoms. The van der Waals surface area contributed by atoms with Gasteiger partial charge in [-0.15, -0.1) is 11.3 Å². The number of hydrogen-bond donors (Lipinski definition) is 0. The van der Waals surface area contributed by atoms with Gasteiger partial charge in [0.25, 0.3) is 0 Å². The summed E-state index contributed by atoms with van der Waals surface area (Å²) in [4.78, 5) is 31.2. The average Bonchev–Trinajstić information content (AvgIpc) is 1.12. The second-order valence-electron chi connectivity index (χ2n) is 31.8. The fourth-order valence-electron chi connectivity index (χ4n) is 18.0. The Kier molecular flexibility index (Phi) is 19.0. The summed E-state index contributed by atoms with van der Waals surface area (Å²) in [7, 11) is 0. The zero-order chi connectivity index (χ0) is 83.4. The molecule has 6 heterocycles. The number of rotatable bonds is 14. The first-order valence-electron chi connectivity index (χ1n) is 42.5. The molecule has 6 aromatic heterocycles. The van der Waals surface area contributed by atoms with E-state index in [4.69, 9.17) is 34.3 Å². The second-order valence-corrected chi connectivity index (χ2v) is 32.9. The maximum atomic E-state index is 6.37. The van der Waals surface area contributed by atoms with E-state index in [2.05, 4.69) is 400 Å². The highest BCUT2D eigenvalue weighted by molar-refractivity contribution is 7.26. The van der Waals surface area contributed by atoms with Gasteiger partial charge in [0.05, 0.1) is 45.2 Å². The number of thiophene rings is 1. The number of pyridine rings is 2. The van der Waals surface area contributed by atoms with Crippen molar-refractivity contribution in [3.63, 3.8) is 0 Å². The molecule has 8 heteroatoms. The Hall–Kier alpha value is -16.5. The molecule has 0 amide bonds. The van der Waals surface area contributed by atoms with Crippen LogP contribution < -0.4 is 0 Å². The average molecular weight is 1620 g/mol. The van der Waals surface area contributed by atoms with E-state index in [1.807, 2.05) is 59.9 Å². The van der Waals surface area contributed by atoms with Gasteiger partial charge in [-0.1, -0.05) is 413 Å². The molecular weight excluding hydrogens is 1550 g/mol. The van der Waals surface area contributed by atoms with Crippen LogP contribution in [0.4, 0.5) is 0 Å². The van der Waals surface area contributed by atoms with E-state index in [1.54, 1.807) is 0 Å². The fraction of sp³-hybridized carbons (Fsp3) is 0. The molecule has 24 rings (SSSR count). The summed E-state index contributed by atoms with van der Waals surface area (Å²) >= 11 is 1.86. The first kappa shape index (κ1) is 74.5. The molecule has 0 radical (unpaired) electrons. The summed E-state index contributed by atoms with van der Waals surface area (Å²) in [6.07, 6.45) is 0. The van der Waals surface area contributed by atoms with Crippen molar-refractivity contribution in [2.24, 2.45) is 0 Å². The third-order valence-corrected chi connectivity index (χ3v) is 25.5. The van der Waals surface area contributed by atoms with Crippen molar-refractivity contribution in [2.45, 2.75) is 0 Å². The van der Waals surface area contributed by atoms with Crippen LogP contribution >= 0.6 is 11.3 Å². The quantitative estimate of drug-likeness (QED) is 0.100. The van der Waals surface area contributed by atoms with E-state index in [0.29, 0.717) is 11.6 Å². The van der Waals surface area contributed by atoms with Crippen LogP contribution in [0.5, 0.6) is 0 Å².